The molecule has 1 aliphatic rings. The molecule has 0 bridgehead atoms. The van der Waals surface area contributed by atoms with E-state index < -0.39 is 0 Å². The van der Waals surface area contributed by atoms with Crippen molar-refractivity contribution in [2.45, 2.75) is 31.0 Å². The van der Waals surface area contributed by atoms with E-state index in [1.54, 1.807) is 0 Å². The smallest absolute Gasteiger partial charge is 0.251 e. The number of carbonyl (C=O) groups is 1. The molecule has 1 saturated carbocycles. The van der Waals surface area contributed by atoms with Crippen molar-refractivity contribution in [3.05, 3.63) is 35.4 Å². The molecule has 1 fully saturated rings. The Labute approximate surface area is 128 Å². The van der Waals surface area contributed by atoms with Gasteiger partial charge in [-0.05, 0) is 42.4 Å². The molecule has 2 rings (SSSR count). The van der Waals surface area contributed by atoms with Gasteiger partial charge in [0, 0.05) is 24.0 Å². The van der Waals surface area contributed by atoms with Crippen LogP contribution in [-0.4, -0.2) is 24.2 Å². The number of alkyl halides is 1. The Morgan fingerprint density at radius 2 is 1.85 bits per heavy atom. The molecule has 2 unspecified atom stereocenters. The molecule has 0 aliphatic heterocycles. The molecule has 0 heterocycles. The van der Waals surface area contributed by atoms with Gasteiger partial charge in [-0.3, -0.25) is 4.79 Å². The molecule has 2 atom stereocenters. The van der Waals surface area contributed by atoms with E-state index in [9.17, 15) is 9.90 Å². The number of amides is 1. The number of halogens is 1. The lowest BCUT2D eigenvalue weighted by Gasteiger charge is -2.30. The van der Waals surface area contributed by atoms with Crippen molar-refractivity contribution in [2.75, 3.05) is 13.2 Å². The van der Waals surface area contributed by atoms with Crippen molar-refractivity contribution in [1.29, 1.82) is 0 Å². The molecule has 20 heavy (non-hydrogen) atoms. The van der Waals surface area contributed by atoms with E-state index >= 15 is 0 Å². The molecule has 0 spiro atoms. The fraction of sp³-hybridized carbons (Fsp3) is 0.562. The molecule has 0 radical (unpaired) electrons. The summed E-state index contributed by atoms with van der Waals surface area (Å²) >= 11 is 3.39. The fourth-order valence-electron chi connectivity index (χ4n) is 2.86. The van der Waals surface area contributed by atoms with E-state index in [0.29, 0.717) is 23.9 Å². The average molecular weight is 340 g/mol. The fourth-order valence-corrected chi connectivity index (χ4v) is 3.24. The zero-order valence-corrected chi connectivity index (χ0v) is 13.2. The maximum Gasteiger partial charge on any atom is 0.251 e. The molecular weight excluding hydrogens is 318 g/mol. The number of rotatable bonds is 5. The lowest BCUT2D eigenvalue weighted by Crippen LogP contribution is -2.35. The largest absolute Gasteiger partial charge is 0.396 e. The minimum absolute atomic E-state index is 0.0200. The number of carbonyl (C=O) groups excluding carboxylic acids is 1. The molecule has 2 N–H and O–H groups in total. The number of aliphatic hydroxyl groups is 1. The molecule has 1 aromatic carbocycles. The van der Waals surface area contributed by atoms with Crippen molar-refractivity contribution in [2.24, 2.45) is 11.8 Å². The zero-order chi connectivity index (χ0) is 14.4. The van der Waals surface area contributed by atoms with Gasteiger partial charge in [-0.2, -0.15) is 0 Å². The van der Waals surface area contributed by atoms with E-state index in [1.165, 1.54) is 12.8 Å². The van der Waals surface area contributed by atoms with Crippen LogP contribution in [0.2, 0.25) is 0 Å². The first kappa shape index (κ1) is 15.5. The van der Waals surface area contributed by atoms with Crippen LogP contribution in [0.3, 0.4) is 0 Å². The first-order chi connectivity index (χ1) is 9.74. The van der Waals surface area contributed by atoms with Gasteiger partial charge < -0.3 is 10.4 Å². The maximum atomic E-state index is 12.1. The number of hydrogen-bond acceptors (Lipinski definition) is 2. The van der Waals surface area contributed by atoms with Gasteiger partial charge in [-0.15, -0.1) is 0 Å². The Balaban J connectivity index is 1.87. The Kier molecular flexibility index (Phi) is 6.05. The second kappa shape index (κ2) is 7.79. The first-order valence-electron chi connectivity index (χ1n) is 7.28. The van der Waals surface area contributed by atoms with Gasteiger partial charge in [0.05, 0.1) is 0 Å². The number of benzene rings is 1. The molecule has 0 aromatic heterocycles. The Morgan fingerprint density at radius 1 is 1.20 bits per heavy atom. The topological polar surface area (TPSA) is 49.3 Å². The number of aliphatic hydroxyl groups excluding tert-OH is 1. The van der Waals surface area contributed by atoms with Gasteiger partial charge >= 0.3 is 0 Å². The maximum absolute atomic E-state index is 12.1. The van der Waals surface area contributed by atoms with Gasteiger partial charge in [-0.1, -0.05) is 40.9 Å². The predicted molar refractivity (Wildman–Crippen MR) is 83.9 cm³/mol. The minimum Gasteiger partial charge on any atom is -0.396 e. The summed E-state index contributed by atoms with van der Waals surface area (Å²) in [6.45, 7) is 0.907. The second-order valence-electron chi connectivity index (χ2n) is 5.53. The molecular formula is C16H22BrNO2. The molecule has 4 heteroatoms. The van der Waals surface area contributed by atoms with E-state index in [-0.39, 0.29) is 12.5 Å². The van der Waals surface area contributed by atoms with Gasteiger partial charge in [0.25, 0.3) is 5.91 Å². The predicted octanol–water partition coefficient (Wildman–Crippen LogP) is 3.11. The van der Waals surface area contributed by atoms with Gasteiger partial charge in [0.2, 0.25) is 0 Å². The average Bonchev–Trinajstić information content (AvgIpc) is 2.53. The number of nitrogens with one attached hydrogen (secondary N) is 1. The van der Waals surface area contributed by atoms with Crippen LogP contribution in [0.25, 0.3) is 0 Å². The first-order valence-corrected chi connectivity index (χ1v) is 8.40. The van der Waals surface area contributed by atoms with Crippen molar-refractivity contribution in [3.63, 3.8) is 0 Å². The minimum atomic E-state index is -0.0200. The summed E-state index contributed by atoms with van der Waals surface area (Å²) in [6.07, 6.45) is 4.59. The third-order valence-electron chi connectivity index (χ3n) is 4.20. The summed E-state index contributed by atoms with van der Waals surface area (Å²) in [5.41, 5.74) is 1.86. The number of hydrogen-bond donors (Lipinski definition) is 2. The lowest BCUT2D eigenvalue weighted by atomic mass is 9.79. The van der Waals surface area contributed by atoms with Crippen molar-refractivity contribution in [3.8, 4) is 0 Å². The van der Waals surface area contributed by atoms with Crippen molar-refractivity contribution in [1.82, 2.24) is 5.32 Å². The van der Waals surface area contributed by atoms with Crippen LogP contribution in [0.5, 0.6) is 0 Å². The standard InChI is InChI=1S/C16H22BrNO2/c17-9-12-5-7-13(8-6-12)16(20)18-10-14-3-1-2-4-15(14)11-19/h5-8,14-15,19H,1-4,9-11H2,(H,18,20). The Bertz CT molecular complexity index is 433. The van der Waals surface area contributed by atoms with Crippen LogP contribution < -0.4 is 5.32 Å². The molecule has 3 nitrogen and oxygen atoms in total. The summed E-state index contributed by atoms with van der Waals surface area (Å²) in [5.74, 6) is 0.743. The van der Waals surface area contributed by atoms with Gasteiger partial charge in [0.1, 0.15) is 0 Å². The van der Waals surface area contributed by atoms with Crippen LogP contribution in [0.1, 0.15) is 41.6 Å². The van der Waals surface area contributed by atoms with E-state index in [2.05, 4.69) is 21.2 Å². The van der Waals surface area contributed by atoms with Gasteiger partial charge in [0.15, 0.2) is 0 Å². The molecule has 1 aromatic rings. The Morgan fingerprint density at radius 3 is 2.45 bits per heavy atom. The summed E-state index contributed by atoms with van der Waals surface area (Å²) in [6, 6.07) is 7.63. The zero-order valence-electron chi connectivity index (χ0n) is 11.6. The van der Waals surface area contributed by atoms with Gasteiger partial charge in [-0.25, -0.2) is 0 Å². The monoisotopic (exact) mass is 339 g/mol. The summed E-state index contributed by atoms with van der Waals surface area (Å²) in [7, 11) is 0. The van der Waals surface area contributed by atoms with Crippen molar-refractivity contribution >= 4 is 21.8 Å². The molecule has 0 saturated heterocycles. The normalized spacial score (nSPS) is 22.5. The third-order valence-corrected chi connectivity index (χ3v) is 4.84. The molecule has 1 aliphatic carbocycles. The van der Waals surface area contributed by atoms with E-state index in [1.807, 2.05) is 24.3 Å². The highest BCUT2D eigenvalue weighted by Crippen LogP contribution is 2.29. The second-order valence-corrected chi connectivity index (χ2v) is 6.09. The van der Waals surface area contributed by atoms with E-state index in [4.69, 9.17) is 0 Å². The van der Waals surface area contributed by atoms with Crippen LogP contribution in [0.15, 0.2) is 24.3 Å². The highest BCUT2D eigenvalue weighted by molar-refractivity contribution is 9.08. The van der Waals surface area contributed by atoms with Crippen LogP contribution in [0.4, 0.5) is 0 Å². The SMILES string of the molecule is O=C(NCC1CCCCC1CO)c1ccc(CBr)cc1. The highest BCUT2D eigenvalue weighted by atomic mass is 79.9. The van der Waals surface area contributed by atoms with Crippen LogP contribution >= 0.6 is 15.9 Å². The van der Waals surface area contributed by atoms with Crippen LogP contribution in [-0.2, 0) is 5.33 Å². The summed E-state index contributed by atoms with van der Waals surface area (Å²) in [4.78, 5) is 12.1. The lowest BCUT2D eigenvalue weighted by molar-refractivity contribution is 0.0909. The Hall–Kier alpha value is -0.870. The molecule has 1 amide bonds. The quantitative estimate of drug-likeness (QED) is 0.809. The summed E-state index contributed by atoms with van der Waals surface area (Å²) in [5, 5.41) is 13.2. The van der Waals surface area contributed by atoms with E-state index in [0.717, 1.165) is 23.7 Å². The summed E-state index contributed by atoms with van der Waals surface area (Å²) < 4.78 is 0. The third kappa shape index (κ3) is 4.06. The molecule has 110 valence electrons. The van der Waals surface area contributed by atoms with Crippen LogP contribution in [0, 0.1) is 11.8 Å². The highest BCUT2D eigenvalue weighted by Gasteiger charge is 2.24. The van der Waals surface area contributed by atoms with Crippen molar-refractivity contribution < 1.29 is 9.90 Å².